The molecule has 1 atom stereocenters. The fraction of sp³-hybridized carbons (Fsp3) is 0.417. The van der Waals surface area contributed by atoms with Crippen LogP contribution in [-0.4, -0.2) is 11.7 Å². The number of nitriles is 1. The van der Waals surface area contributed by atoms with Crippen molar-refractivity contribution < 1.29 is 14.2 Å². The third kappa shape index (κ3) is 3.52. The lowest BCUT2D eigenvalue weighted by molar-refractivity contribution is 0.198. The van der Waals surface area contributed by atoms with Crippen molar-refractivity contribution in [3.8, 4) is 11.8 Å². The lowest BCUT2D eigenvalue weighted by Crippen LogP contribution is -2.00. The summed E-state index contributed by atoms with van der Waals surface area (Å²) in [6.45, 7) is 1.89. The second kappa shape index (κ2) is 6.09. The van der Waals surface area contributed by atoms with E-state index in [1.54, 1.807) is 13.0 Å². The molecule has 1 unspecified atom stereocenters. The summed E-state index contributed by atoms with van der Waals surface area (Å²) in [5, 5.41) is 17.5. The van der Waals surface area contributed by atoms with Crippen molar-refractivity contribution in [1.82, 2.24) is 0 Å². The minimum atomic E-state index is -0.692. The lowest BCUT2D eigenvalue weighted by Gasteiger charge is -2.09. The average molecular weight is 223 g/mol. The first-order valence-corrected chi connectivity index (χ1v) is 5.12. The molecule has 0 fully saturated rings. The zero-order valence-electron chi connectivity index (χ0n) is 9.11. The first-order valence-electron chi connectivity index (χ1n) is 5.12. The molecule has 0 aliphatic heterocycles. The van der Waals surface area contributed by atoms with Gasteiger partial charge in [0.15, 0.2) is 11.6 Å². The van der Waals surface area contributed by atoms with Gasteiger partial charge in [0, 0.05) is 6.42 Å². The average Bonchev–Trinajstić information content (AvgIpc) is 2.26. The van der Waals surface area contributed by atoms with Gasteiger partial charge in [-0.1, -0.05) is 6.07 Å². The molecule has 16 heavy (non-hydrogen) atoms. The molecule has 4 heteroatoms. The van der Waals surface area contributed by atoms with Gasteiger partial charge in [-0.15, -0.1) is 0 Å². The van der Waals surface area contributed by atoms with Gasteiger partial charge in [0.25, 0.3) is 0 Å². The van der Waals surface area contributed by atoms with Gasteiger partial charge in [0.2, 0.25) is 0 Å². The lowest BCUT2D eigenvalue weighted by atomic mass is 10.1. The number of rotatable bonds is 5. The largest absolute Gasteiger partial charge is 0.490 e. The molecule has 1 rings (SSSR count). The predicted molar refractivity (Wildman–Crippen MR) is 57.4 cm³/mol. The number of hydrogen-bond acceptors (Lipinski definition) is 3. The zero-order valence-corrected chi connectivity index (χ0v) is 9.11. The van der Waals surface area contributed by atoms with E-state index in [0.29, 0.717) is 25.0 Å². The van der Waals surface area contributed by atoms with Crippen LogP contribution in [0.3, 0.4) is 0 Å². The van der Waals surface area contributed by atoms with Crippen molar-refractivity contribution in [1.29, 1.82) is 5.26 Å². The second-order valence-corrected chi connectivity index (χ2v) is 3.48. The van der Waals surface area contributed by atoms with Crippen LogP contribution in [0.15, 0.2) is 18.2 Å². The molecule has 86 valence electrons. The molecule has 0 saturated heterocycles. The first kappa shape index (κ1) is 12.5. The molecule has 3 nitrogen and oxygen atoms in total. The Kier molecular flexibility index (Phi) is 4.74. The summed E-state index contributed by atoms with van der Waals surface area (Å²) >= 11 is 0. The van der Waals surface area contributed by atoms with Gasteiger partial charge < -0.3 is 9.84 Å². The number of hydrogen-bond donors (Lipinski definition) is 1. The number of aliphatic hydroxyl groups excluding tert-OH is 1. The summed E-state index contributed by atoms with van der Waals surface area (Å²) < 4.78 is 18.6. The number of nitrogens with zero attached hydrogens (tertiary/aromatic N) is 1. The van der Waals surface area contributed by atoms with Crippen molar-refractivity contribution in [2.75, 3.05) is 6.61 Å². The Hall–Kier alpha value is -1.60. The van der Waals surface area contributed by atoms with E-state index in [1.807, 2.05) is 6.07 Å². The second-order valence-electron chi connectivity index (χ2n) is 3.48. The number of halogens is 1. The van der Waals surface area contributed by atoms with Crippen LogP contribution in [0.25, 0.3) is 0 Å². The Balaban J connectivity index is 2.58. The molecule has 0 aliphatic rings. The smallest absolute Gasteiger partial charge is 0.165 e. The number of unbranched alkanes of at least 4 members (excludes halogenated alkanes) is 1. The van der Waals surface area contributed by atoms with Crippen LogP contribution >= 0.6 is 0 Å². The molecular weight excluding hydrogens is 209 g/mol. The molecule has 0 bridgehead atoms. The highest BCUT2D eigenvalue weighted by atomic mass is 19.1. The van der Waals surface area contributed by atoms with E-state index in [0.717, 1.165) is 0 Å². The maximum absolute atomic E-state index is 13.4. The van der Waals surface area contributed by atoms with Crippen LogP contribution in [-0.2, 0) is 0 Å². The van der Waals surface area contributed by atoms with E-state index in [-0.39, 0.29) is 5.75 Å². The SMILES string of the molecule is CC(O)c1ccc(OCCCC#N)c(F)c1. The Morgan fingerprint density at radius 1 is 1.56 bits per heavy atom. The van der Waals surface area contributed by atoms with E-state index in [1.165, 1.54) is 12.1 Å². The molecule has 1 aromatic carbocycles. The van der Waals surface area contributed by atoms with E-state index in [2.05, 4.69) is 0 Å². The summed E-state index contributed by atoms with van der Waals surface area (Å²) in [6, 6.07) is 6.35. The normalized spacial score (nSPS) is 11.9. The summed E-state index contributed by atoms with van der Waals surface area (Å²) in [6.07, 6.45) is 0.281. The Morgan fingerprint density at radius 3 is 2.88 bits per heavy atom. The minimum Gasteiger partial charge on any atom is -0.490 e. The van der Waals surface area contributed by atoms with Gasteiger partial charge in [0.05, 0.1) is 18.8 Å². The summed E-state index contributed by atoms with van der Waals surface area (Å²) in [5.41, 5.74) is 0.516. The first-order chi connectivity index (χ1) is 7.65. The van der Waals surface area contributed by atoms with Crippen molar-refractivity contribution in [2.45, 2.75) is 25.9 Å². The fourth-order valence-corrected chi connectivity index (χ4v) is 1.23. The number of benzene rings is 1. The van der Waals surface area contributed by atoms with Gasteiger partial charge in [-0.05, 0) is 31.0 Å². The highest BCUT2D eigenvalue weighted by Crippen LogP contribution is 2.22. The van der Waals surface area contributed by atoms with Crippen LogP contribution < -0.4 is 4.74 Å². The quantitative estimate of drug-likeness (QED) is 0.780. The van der Waals surface area contributed by atoms with E-state index in [4.69, 9.17) is 10.00 Å². The van der Waals surface area contributed by atoms with Crippen molar-refractivity contribution >= 4 is 0 Å². The molecule has 1 N–H and O–H groups in total. The topological polar surface area (TPSA) is 53.2 Å². The maximum atomic E-state index is 13.4. The monoisotopic (exact) mass is 223 g/mol. The molecule has 1 aromatic rings. The Labute approximate surface area is 94.1 Å². The van der Waals surface area contributed by atoms with Gasteiger partial charge in [-0.25, -0.2) is 4.39 Å². The summed E-state index contributed by atoms with van der Waals surface area (Å²) in [5.74, 6) is -0.335. The fourth-order valence-electron chi connectivity index (χ4n) is 1.23. The van der Waals surface area contributed by atoms with Crippen LogP contribution in [0.5, 0.6) is 5.75 Å². The summed E-state index contributed by atoms with van der Waals surface area (Å²) in [4.78, 5) is 0. The standard InChI is InChI=1S/C12H14FNO2/c1-9(15)10-4-5-12(11(13)8-10)16-7-3-2-6-14/h4-5,8-9,15H,2-3,7H2,1H3. The Bertz CT molecular complexity index is 385. The van der Waals surface area contributed by atoms with Gasteiger partial charge >= 0.3 is 0 Å². The van der Waals surface area contributed by atoms with Gasteiger partial charge in [-0.3, -0.25) is 0 Å². The van der Waals surface area contributed by atoms with E-state index < -0.39 is 11.9 Å². The highest BCUT2D eigenvalue weighted by molar-refractivity contribution is 5.30. The zero-order chi connectivity index (χ0) is 12.0. The molecule has 0 aromatic heterocycles. The molecule has 0 heterocycles. The molecule has 0 saturated carbocycles. The molecule has 0 aliphatic carbocycles. The molecule has 0 spiro atoms. The predicted octanol–water partition coefficient (Wildman–Crippen LogP) is 2.56. The number of ether oxygens (including phenoxy) is 1. The highest BCUT2D eigenvalue weighted by Gasteiger charge is 2.07. The van der Waals surface area contributed by atoms with Crippen LogP contribution in [0.1, 0.15) is 31.4 Å². The van der Waals surface area contributed by atoms with Crippen LogP contribution in [0.4, 0.5) is 4.39 Å². The van der Waals surface area contributed by atoms with Crippen molar-refractivity contribution in [3.05, 3.63) is 29.6 Å². The minimum absolute atomic E-state index is 0.155. The van der Waals surface area contributed by atoms with E-state index in [9.17, 15) is 9.50 Å². The third-order valence-corrected chi connectivity index (χ3v) is 2.13. The third-order valence-electron chi connectivity index (χ3n) is 2.13. The molecule has 0 radical (unpaired) electrons. The van der Waals surface area contributed by atoms with Crippen molar-refractivity contribution in [3.63, 3.8) is 0 Å². The summed E-state index contributed by atoms with van der Waals surface area (Å²) in [7, 11) is 0. The number of aliphatic hydroxyl groups is 1. The van der Waals surface area contributed by atoms with Crippen molar-refractivity contribution in [2.24, 2.45) is 0 Å². The van der Waals surface area contributed by atoms with Gasteiger partial charge in [0.1, 0.15) is 0 Å². The molecule has 0 amide bonds. The van der Waals surface area contributed by atoms with Gasteiger partial charge in [-0.2, -0.15) is 5.26 Å². The van der Waals surface area contributed by atoms with Crippen LogP contribution in [0, 0.1) is 17.1 Å². The Morgan fingerprint density at radius 2 is 2.31 bits per heavy atom. The van der Waals surface area contributed by atoms with E-state index >= 15 is 0 Å². The van der Waals surface area contributed by atoms with Crippen LogP contribution in [0.2, 0.25) is 0 Å². The maximum Gasteiger partial charge on any atom is 0.165 e. The molecular formula is C12H14FNO2.